The SMILES string of the molecule is c1ccc2c(c1)oc1c2ccc2c3ccc4c5ccncc5c5nccn5c4c3oc21.c1ccc2c(c1)oc1cc3c(cc12)oc1c3ccc2c3ccncc3c3nccn3c21.c1ccc2c(c1)oc1cc3oc4c(ccc5c6ccncc6c6nccn6c54)c3cc12.c1ccc2c(c1)oc1ccc3c4ccc5c6ccncc6c6nccn6c5c4oc3c12. The Hall–Kier alpha value is -17.5. The lowest BCUT2D eigenvalue weighted by atomic mass is 10.0. The van der Waals surface area contributed by atoms with Crippen LogP contribution < -0.4 is 0 Å². The number of para-hydroxylation sites is 4. The van der Waals surface area contributed by atoms with E-state index < -0.39 is 0 Å². The first-order valence-electron chi connectivity index (χ1n) is 40.6. The van der Waals surface area contributed by atoms with E-state index in [2.05, 4.69) is 167 Å². The molecule has 20 aromatic heterocycles. The largest absolute Gasteiger partial charge is 0.456 e. The van der Waals surface area contributed by atoms with Crippen LogP contribution >= 0.6 is 0 Å². The lowest BCUT2D eigenvalue weighted by Crippen LogP contribution is -1.91. The van der Waals surface area contributed by atoms with Gasteiger partial charge in [-0.15, -0.1) is 0 Å². The summed E-state index contributed by atoms with van der Waals surface area (Å²) in [5.41, 5.74) is 21.1. The van der Waals surface area contributed by atoms with Gasteiger partial charge in [-0.1, -0.05) is 97.1 Å². The highest BCUT2D eigenvalue weighted by Crippen LogP contribution is 2.48. The van der Waals surface area contributed by atoms with Gasteiger partial charge in [0.05, 0.1) is 27.5 Å². The second kappa shape index (κ2) is 24.1. The molecule has 0 amide bonds. The van der Waals surface area contributed by atoms with Crippen molar-refractivity contribution in [1.29, 1.82) is 0 Å². The van der Waals surface area contributed by atoms with Gasteiger partial charge in [-0.2, -0.15) is 0 Å². The molecule has 0 N–H and O–H groups in total. The first-order valence-corrected chi connectivity index (χ1v) is 40.6. The molecule has 32 aromatic rings. The summed E-state index contributed by atoms with van der Waals surface area (Å²) in [6, 6.07) is 74.6. The maximum Gasteiger partial charge on any atom is 0.178 e. The van der Waals surface area contributed by atoms with Gasteiger partial charge in [0.15, 0.2) is 33.5 Å². The first kappa shape index (κ1) is 65.5. The molecular weight excluding hydrogens is 1550 g/mol. The summed E-state index contributed by atoms with van der Waals surface area (Å²) in [4.78, 5) is 35.6. The summed E-state index contributed by atoms with van der Waals surface area (Å²) < 4.78 is 59.1. The van der Waals surface area contributed by atoms with Crippen LogP contribution in [0.4, 0.5) is 0 Å². The van der Waals surface area contributed by atoms with Crippen LogP contribution in [0, 0.1) is 0 Å². The van der Waals surface area contributed by atoms with Crippen molar-refractivity contribution in [2.45, 2.75) is 0 Å². The van der Waals surface area contributed by atoms with Gasteiger partial charge in [-0.25, -0.2) is 19.9 Å². The number of rotatable bonds is 0. The van der Waals surface area contributed by atoms with Crippen LogP contribution in [0.2, 0.25) is 0 Å². The molecule has 0 unspecified atom stereocenters. The average Bonchev–Trinajstić information content (AvgIpc) is 1.55. The number of fused-ring (bicyclic) bond motifs is 54. The molecule has 20 nitrogen and oxygen atoms in total. The van der Waals surface area contributed by atoms with E-state index in [0.717, 1.165) is 285 Å². The molecule has 0 atom stereocenters. The van der Waals surface area contributed by atoms with Crippen molar-refractivity contribution in [2.75, 3.05) is 0 Å². The Labute approximate surface area is 691 Å². The van der Waals surface area contributed by atoms with Gasteiger partial charge in [0.1, 0.15) is 78.4 Å². The summed E-state index contributed by atoms with van der Waals surface area (Å²) in [5.74, 6) is 0. The van der Waals surface area contributed by atoms with E-state index in [4.69, 9.17) is 35.3 Å². The van der Waals surface area contributed by atoms with Gasteiger partial charge in [-0.3, -0.25) is 37.5 Å². The van der Waals surface area contributed by atoms with Gasteiger partial charge in [0.2, 0.25) is 0 Å². The van der Waals surface area contributed by atoms with Crippen molar-refractivity contribution in [3.63, 3.8) is 0 Å². The molecule has 0 aliphatic carbocycles. The van der Waals surface area contributed by atoms with Gasteiger partial charge < -0.3 is 35.3 Å². The normalized spacial score (nSPS) is 12.5. The molecule has 12 aromatic carbocycles. The number of furan rings is 8. The van der Waals surface area contributed by atoms with Crippen LogP contribution in [0.25, 0.3) is 285 Å². The number of benzene rings is 12. The standard InChI is InChI=1S/4C26H13N3O2/c1-2-4-21-15(3-1)18-11-23-19(12-22(18)30-21)17-6-5-16-14-7-8-27-13-20(14)26-28-9-10-29(26)24(16)25(17)31-23;1-2-4-21-15(3-1)18-11-19-17-6-5-16-14-7-8-27-13-20(14)26-28-9-10-29(26)24(16)25(17)31-23(19)12-22(18)30-21;1-2-4-20-18(3-1)22-21(30-20)8-7-16-17-6-5-15-14-9-10-27-13-19(14)26-28-11-12-29(26)23(15)25(17)31-24(16)22;1-2-4-21-15(3-1)17-7-8-19-18-6-5-16-14-9-10-27-13-20(14)26-28-11-12-29(26)22(16)23(18)31-25(19)24(17)30-21/h4*1-13H. The third kappa shape index (κ3) is 8.80. The second-order valence-electron chi connectivity index (χ2n) is 31.6. The minimum atomic E-state index is 0.777. The minimum absolute atomic E-state index is 0.777. The van der Waals surface area contributed by atoms with Crippen molar-refractivity contribution < 1.29 is 35.3 Å². The number of pyridine rings is 8. The van der Waals surface area contributed by atoms with E-state index in [1.165, 1.54) is 0 Å². The minimum Gasteiger partial charge on any atom is -0.456 e. The smallest absolute Gasteiger partial charge is 0.178 e. The summed E-state index contributed by atoms with van der Waals surface area (Å²) in [7, 11) is 0. The highest BCUT2D eigenvalue weighted by molar-refractivity contribution is 6.30. The molecule has 576 valence electrons. The molecule has 0 radical (unpaired) electrons. The van der Waals surface area contributed by atoms with Crippen LogP contribution in [0.5, 0.6) is 0 Å². The quantitative estimate of drug-likeness (QED) is 0.129. The van der Waals surface area contributed by atoms with Crippen LogP contribution in [0.3, 0.4) is 0 Å². The van der Waals surface area contributed by atoms with Gasteiger partial charge in [0.25, 0.3) is 0 Å². The van der Waals surface area contributed by atoms with E-state index in [1.54, 1.807) is 0 Å². The Morgan fingerprint density at radius 3 is 0.911 bits per heavy atom. The fourth-order valence-electron chi connectivity index (χ4n) is 20.0. The molecule has 0 fully saturated rings. The van der Waals surface area contributed by atoms with Gasteiger partial charge in [-0.05, 0) is 137 Å². The van der Waals surface area contributed by atoms with Gasteiger partial charge >= 0.3 is 0 Å². The predicted molar refractivity (Wildman–Crippen MR) is 490 cm³/mol. The molecular formula is C104H52N12O8. The Morgan fingerprint density at radius 2 is 0.452 bits per heavy atom. The number of hydrogen-bond acceptors (Lipinski definition) is 16. The monoisotopic (exact) mass is 1600 g/mol. The number of imidazole rings is 4. The molecule has 20 heteroatoms. The first-order chi connectivity index (χ1) is 61.5. The zero-order valence-corrected chi connectivity index (χ0v) is 64.7. The molecule has 0 spiro atoms. The van der Waals surface area contributed by atoms with Crippen LogP contribution in [0.1, 0.15) is 0 Å². The number of aromatic nitrogens is 12. The molecule has 20 heterocycles. The molecule has 0 saturated heterocycles. The van der Waals surface area contributed by atoms with Crippen LogP contribution in [-0.2, 0) is 0 Å². The molecule has 0 saturated carbocycles. The third-order valence-electron chi connectivity index (χ3n) is 25.4. The Kier molecular flexibility index (Phi) is 12.7. The molecule has 0 bridgehead atoms. The van der Waals surface area contributed by atoms with Crippen molar-refractivity contribution in [1.82, 2.24) is 57.5 Å². The van der Waals surface area contributed by atoms with E-state index in [9.17, 15) is 0 Å². The second-order valence-corrected chi connectivity index (χ2v) is 31.6. The molecule has 32 rings (SSSR count). The Bertz CT molecular complexity index is 10200. The van der Waals surface area contributed by atoms with E-state index in [0.29, 0.717) is 0 Å². The van der Waals surface area contributed by atoms with Crippen molar-refractivity contribution >= 4 is 285 Å². The topological polar surface area (TPSA) is 226 Å². The summed E-state index contributed by atoms with van der Waals surface area (Å²) in [6.45, 7) is 0. The van der Waals surface area contributed by atoms with Crippen molar-refractivity contribution in [2.24, 2.45) is 0 Å². The van der Waals surface area contributed by atoms with E-state index in [1.807, 2.05) is 208 Å². The van der Waals surface area contributed by atoms with Crippen molar-refractivity contribution in [3.8, 4) is 0 Å². The molecule has 0 aliphatic rings. The summed E-state index contributed by atoms with van der Waals surface area (Å²) in [5, 5.41) is 30.2. The Morgan fingerprint density at radius 1 is 0.169 bits per heavy atom. The molecule has 0 aliphatic heterocycles. The van der Waals surface area contributed by atoms with Crippen LogP contribution in [0.15, 0.2) is 353 Å². The highest BCUT2D eigenvalue weighted by Gasteiger charge is 2.26. The number of nitrogens with zero attached hydrogens (tertiary/aromatic N) is 12. The van der Waals surface area contributed by atoms with E-state index in [-0.39, 0.29) is 0 Å². The van der Waals surface area contributed by atoms with Gasteiger partial charge in [0, 0.05) is 229 Å². The zero-order valence-electron chi connectivity index (χ0n) is 64.7. The lowest BCUT2D eigenvalue weighted by Gasteiger charge is -2.08. The fourth-order valence-corrected chi connectivity index (χ4v) is 20.0. The lowest BCUT2D eigenvalue weighted by molar-refractivity contribution is 0.634. The molecule has 124 heavy (non-hydrogen) atoms. The predicted octanol–water partition coefficient (Wildman–Crippen LogP) is 27.3. The van der Waals surface area contributed by atoms with E-state index >= 15 is 0 Å². The zero-order chi connectivity index (χ0) is 80.4. The Balaban J connectivity index is 0.0000000828. The van der Waals surface area contributed by atoms with Crippen LogP contribution in [-0.4, -0.2) is 57.5 Å². The third-order valence-corrected chi connectivity index (χ3v) is 25.4. The maximum atomic E-state index is 6.65. The highest BCUT2D eigenvalue weighted by atomic mass is 16.4. The number of hydrogen-bond donors (Lipinski definition) is 0. The summed E-state index contributed by atoms with van der Waals surface area (Å²) in [6.07, 6.45) is 30.0. The van der Waals surface area contributed by atoms with Crippen molar-refractivity contribution in [3.05, 3.63) is 318 Å². The average molecular weight is 1600 g/mol. The fraction of sp³-hybridized carbons (Fsp3) is 0. The maximum absolute atomic E-state index is 6.65. The summed E-state index contributed by atoms with van der Waals surface area (Å²) >= 11 is 0.